The van der Waals surface area contributed by atoms with E-state index in [2.05, 4.69) is 28.7 Å². The van der Waals surface area contributed by atoms with Gasteiger partial charge in [-0.3, -0.25) is 0 Å². The second kappa shape index (κ2) is 5.07. The van der Waals surface area contributed by atoms with Crippen LogP contribution in [-0.4, -0.2) is 23.6 Å². The fourth-order valence-corrected chi connectivity index (χ4v) is 1.49. The summed E-state index contributed by atoms with van der Waals surface area (Å²) in [5.74, 6) is 1.38. The molecule has 0 amide bonds. The van der Waals surface area contributed by atoms with Crippen LogP contribution < -0.4 is 10.6 Å². The molecule has 15 heavy (non-hydrogen) atoms. The lowest BCUT2D eigenvalue weighted by Crippen LogP contribution is -2.25. The van der Waals surface area contributed by atoms with Crippen LogP contribution in [0, 0.1) is 12.8 Å². The van der Waals surface area contributed by atoms with E-state index in [9.17, 15) is 0 Å². The maximum Gasteiger partial charge on any atom is 0.225 e. The van der Waals surface area contributed by atoms with Crippen LogP contribution in [0.1, 0.15) is 25.1 Å². The molecule has 0 radical (unpaired) electrons. The first-order valence-corrected chi connectivity index (χ1v) is 5.28. The first kappa shape index (κ1) is 11.9. The average molecular weight is 208 g/mol. The Labute approximate surface area is 91.5 Å². The maximum atomic E-state index is 5.56. The highest BCUT2D eigenvalue weighted by Crippen LogP contribution is 2.10. The lowest BCUT2D eigenvalue weighted by Gasteiger charge is -2.19. The highest BCUT2D eigenvalue weighted by Gasteiger charge is 2.07. The van der Waals surface area contributed by atoms with E-state index in [1.165, 1.54) is 0 Å². The summed E-state index contributed by atoms with van der Waals surface area (Å²) in [5, 5.41) is 0. The lowest BCUT2D eigenvalue weighted by atomic mass is 10.2. The summed E-state index contributed by atoms with van der Waals surface area (Å²) >= 11 is 0. The molecule has 0 fully saturated rings. The number of aromatic nitrogens is 2. The molecule has 0 aliphatic carbocycles. The van der Waals surface area contributed by atoms with Crippen LogP contribution in [0.2, 0.25) is 0 Å². The Bertz CT molecular complexity index is 322. The number of nitrogens with zero attached hydrogens (tertiary/aromatic N) is 3. The van der Waals surface area contributed by atoms with Gasteiger partial charge in [-0.15, -0.1) is 0 Å². The molecule has 84 valence electrons. The zero-order chi connectivity index (χ0) is 11.4. The minimum Gasteiger partial charge on any atom is -0.344 e. The number of hydrogen-bond acceptors (Lipinski definition) is 4. The first-order chi connectivity index (χ1) is 7.04. The van der Waals surface area contributed by atoms with Gasteiger partial charge in [0.05, 0.1) is 0 Å². The third-order valence-corrected chi connectivity index (χ3v) is 2.27. The molecule has 0 aromatic carbocycles. The minimum absolute atomic E-state index is 0.500. The average Bonchev–Trinajstić information content (AvgIpc) is 2.16. The quantitative estimate of drug-likeness (QED) is 0.811. The normalized spacial score (nSPS) is 10.8. The van der Waals surface area contributed by atoms with Crippen molar-refractivity contribution in [3.05, 3.63) is 17.5 Å². The minimum atomic E-state index is 0.500. The van der Waals surface area contributed by atoms with Gasteiger partial charge in [-0.1, -0.05) is 13.8 Å². The summed E-state index contributed by atoms with van der Waals surface area (Å²) in [5.41, 5.74) is 7.55. The van der Waals surface area contributed by atoms with E-state index in [1.807, 2.05) is 20.2 Å². The van der Waals surface area contributed by atoms with Crippen LogP contribution in [0.3, 0.4) is 0 Å². The third-order valence-electron chi connectivity index (χ3n) is 2.27. The SMILES string of the molecule is Cc1nc(N(C)CC(C)C)ncc1CN. The van der Waals surface area contributed by atoms with E-state index in [-0.39, 0.29) is 0 Å². The molecule has 1 aromatic heterocycles. The molecule has 1 aromatic rings. The Balaban J connectivity index is 2.82. The smallest absolute Gasteiger partial charge is 0.225 e. The van der Waals surface area contributed by atoms with Crippen LogP contribution in [0.25, 0.3) is 0 Å². The van der Waals surface area contributed by atoms with Crippen molar-refractivity contribution >= 4 is 5.95 Å². The summed E-state index contributed by atoms with van der Waals surface area (Å²) in [6.45, 7) is 7.78. The second-order valence-corrected chi connectivity index (χ2v) is 4.26. The van der Waals surface area contributed by atoms with E-state index >= 15 is 0 Å². The molecular formula is C11H20N4. The molecular weight excluding hydrogens is 188 g/mol. The molecule has 1 rings (SSSR count). The van der Waals surface area contributed by atoms with E-state index in [0.29, 0.717) is 12.5 Å². The van der Waals surface area contributed by atoms with Crippen molar-refractivity contribution in [2.24, 2.45) is 11.7 Å². The highest BCUT2D eigenvalue weighted by atomic mass is 15.2. The van der Waals surface area contributed by atoms with Crippen molar-refractivity contribution in [1.29, 1.82) is 0 Å². The van der Waals surface area contributed by atoms with Crippen molar-refractivity contribution in [3.63, 3.8) is 0 Å². The summed E-state index contributed by atoms with van der Waals surface area (Å²) in [4.78, 5) is 10.8. The van der Waals surface area contributed by atoms with Gasteiger partial charge < -0.3 is 10.6 Å². The highest BCUT2D eigenvalue weighted by molar-refractivity contribution is 5.31. The Hall–Kier alpha value is -1.16. The number of aryl methyl sites for hydroxylation is 1. The Morgan fingerprint density at radius 3 is 2.60 bits per heavy atom. The fraction of sp³-hybridized carbons (Fsp3) is 0.636. The summed E-state index contributed by atoms with van der Waals surface area (Å²) in [6.07, 6.45) is 1.81. The predicted molar refractivity (Wildman–Crippen MR) is 62.8 cm³/mol. The van der Waals surface area contributed by atoms with Crippen molar-refractivity contribution in [3.8, 4) is 0 Å². The van der Waals surface area contributed by atoms with Crippen molar-refractivity contribution < 1.29 is 0 Å². The summed E-state index contributed by atoms with van der Waals surface area (Å²) in [6, 6.07) is 0. The van der Waals surface area contributed by atoms with Crippen molar-refractivity contribution in [1.82, 2.24) is 9.97 Å². The van der Waals surface area contributed by atoms with Crippen molar-refractivity contribution in [2.75, 3.05) is 18.5 Å². The van der Waals surface area contributed by atoms with E-state index in [4.69, 9.17) is 5.73 Å². The molecule has 0 atom stereocenters. The van der Waals surface area contributed by atoms with Gasteiger partial charge in [0.15, 0.2) is 0 Å². The first-order valence-electron chi connectivity index (χ1n) is 5.28. The van der Waals surface area contributed by atoms with Crippen LogP contribution in [0.4, 0.5) is 5.95 Å². The number of hydrogen-bond donors (Lipinski definition) is 1. The maximum absolute atomic E-state index is 5.56. The Kier molecular flexibility index (Phi) is 4.03. The van der Waals surface area contributed by atoms with Gasteiger partial charge in [0.2, 0.25) is 5.95 Å². The second-order valence-electron chi connectivity index (χ2n) is 4.26. The van der Waals surface area contributed by atoms with Gasteiger partial charge in [-0.05, 0) is 12.8 Å². The molecule has 0 saturated heterocycles. The molecule has 1 heterocycles. The molecule has 0 aliphatic heterocycles. The molecule has 0 bridgehead atoms. The number of rotatable bonds is 4. The van der Waals surface area contributed by atoms with Gasteiger partial charge in [0.25, 0.3) is 0 Å². The van der Waals surface area contributed by atoms with Gasteiger partial charge in [-0.25, -0.2) is 9.97 Å². The Morgan fingerprint density at radius 2 is 2.13 bits per heavy atom. The van der Waals surface area contributed by atoms with Gasteiger partial charge >= 0.3 is 0 Å². The molecule has 0 aliphatic rings. The zero-order valence-electron chi connectivity index (χ0n) is 9.99. The van der Waals surface area contributed by atoms with Gasteiger partial charge in [-0.2, -0.15) is 0 Å². The van der Waals surface area contributed by atoms with E-state index in [0.717, 1.165) is 23.8 Å². The zero-order valence-corrected chi connectivity index (χ0v) is 9.99. The van der Waals surface area contributed by atoms with Gasteiger partial charge in [0.1, 0.15) is 0 Å². The largest absolute Gasteiger partial charge is 0.344 e. The molecule has 0 unspecified atom stereocenters. The van der Waals surface area contributed by atoms with Crippen LogP contribution in [0.15, 0.2) is 6.20 Å². The predicted octanol–water partition coefficient (Wildman–Crippen LogP) is 1.34. The molecule has 0 saturated carbocycles. The van der Waals surface area contributed by atoms with Crippen LogP contribution in [0.5, 0.6) is 0 Å². The monoisotopic (exact) mass is 208 g/mol. The van der Waals surface area contributed by atoms with E-state index < -0.39 is 0 Å². The lowest BCUT2D eigenvalue weighted by molar-refractivity contribution is 0.629. The summed E-state index contributed by atoms with van der Waals surface area (Å²) in [7, 11) is 2.01. The van der Waals surface area contributed by atoms with Crippen molar-refractivity contribution in [2.45, 2.75) is 27.3 Å². The van der Waals surface area contributed by atoms with Crippen LogP contribution >= 0.6 is 0 Å². The Morgan fingerprint density at radius 1 is 1.47 bits per heavy atom. The standard InChI is InChI=1S/C11H20N4/c1-8(2)7-15(4)11-13-6-10(5-12)9(3)14-11/h6,8H,5,7,12H2,1-4H3. The topological polar surface area (TPSA) is 55.0 Å². The molecule has 4 heteroatoms. The summed E-state index contributed by atoms with van der Waals surface area (Å²) < 4.78 is 0. The fourth-order valence-electron chi connectivity index (χ4n) is 1.49. The number of anilines is 1. The molecule has 4 nitrogen and oxygen atoms in total. The van der Waals surface area contributed by atoms with Crippen LogP contribution in [-0.2, 0) is 6.54 Å². The van der Waals surface area contributed by atoms with Gasteiger partial charge in [0, 0.05) is 37.6 Å². The molecule has 2 N–H and O–H groups in total. The molecule has 0 spiro atoms. The van der Waals surface area contributed by atoms with E-state index in [1.54, 1.807) is 0 Å². The third kappa shape index (κ3) is 3.16. The number of nitrogens with two attached hydrogens (primary N) is 1.